The summed E-state index contributed by atoms with van der Waals surface area (Å²) in [6, 6.07) is 55.5. The maximum atomic E-state index is 2.47. The zero-order valence-corrected chi connectivity index (χ0v) is 25.9. The van der Waals surface area contributed by atoms with Gasteiger partial charge in [0.05, 0.1) is 5.41 Å². The molecular formula is C46H30. The van der Waals surface area contributed by atoms with E-state index in [0.717, 1.165) is 0 Å². The Bertz CT molecular complexity index is 2580. The minimum Gasteiger partial charge on any atom is -0.0619 e. The molecule has 11 rings (SSSR count). The molecule has 0 amide bonds. The van der Waals surface area contributed by atoms with Crippen LogP contribution in [0.15, 0.2) is 146 Å². The number of hydrogen-bond acceptors (Lipinski definition) is 0. The summed E-state index contributed by atoms with van der Waals surface area (Å²) < 4.78 is 0. The molecule has 8 aromatic rings. The molecular weight excluding hydrogens is 553 g/mol. The highest BCUT2D eigenvalue weighted by molar-refractivity contribution is 6.29. The van der Waals surface area contributed by atoms with Crippen molar-refractivity contribution in [2.75, 3.05) is 0 Å². The summed E-state index contributed by atoms with van der Waals surface area (Å²) in [4.78, 5) is 0. The third-order valence-electron chi connectivity index (χ3n) is 11.7. The third kappa shape index (κ3) is 2.71. The molecule has 0 heterocycles. The lowest BCUT2D eigenvalue weighted by molar-refractivity contribution is 0.660. The fourth-order valence-corrected chi connectivity index (χ4v) is 9.76. The molecule has 0 aliphatic heterocycles. The van der Waals surface area contributed by atoms with Crippen molar-refractivity contribution >= 4 is 32.3 Å². The lowest BCUT2D eigenvalue weighted by Gasteiger charge is -2.31. The maximum absolute atomic E-state index is 2.47. The second kappa shape index (κ2) is 8.22. The highest BCUT2D eigenvalue weighted by Crippen LogP contribution is 2.63. The minimum absolute atomic E-state index is 0.0119. The zero-order valence-electron chi connectivity index (χ0n) is 25.9. The van der Waals surface area contributed by atoms with Crippen molar-refractivity contribution in [3.05, 3.63) is 179 Å². The number of benzene rings is 8. The Balaban J connectivity index is 1.20. The van der Waals surface area contributed by atoms with Gasteiger partial charge in [0.1, 0.15) is 0 Å². The van der Waals surface area contributed by atoms with Gasteiger partial charge in [-0.3, -0.25) is 0 Å². The Labute approximate surface area is 268 Å². The Kier molecular flexibility index (Phi) is 4.43. The van der Waals surface area contributed by atoms with Gasteiger partial charge in [-0.15, -0.1) is 0 Å². The van der Waals surface area contributed by atoms with E-state index in [1.165, 1.54) is 99.1 Å². The van der Waals surface area contributed by atoms with Crippen molar-refractivity contribution in [3.63, 3.8) is 0 Å². The van der Waals surface area contributed by atoms with E-state index >= 15 is 0 Å². The summed E-state index contributed by atoms with van der Waals surface area (Å²) in [6.07, 6.45) is 0. The quantitative estimate of drug-likeness (QED) is 0.169. The van der Waals surface area contributed by atoms with Crippen molar-refractivity contribution in [2.24, 2.45) is 0 Å². The van der Waals surface area contributed by atoms with E-state index < -0.39 is 0 Å². The average molecular weight is 583 g/mol. The van der Waals surface area contributed by atoms with E-state index in [2.05, 4.69) is 159 Å². The standard InChI is InChI=1S/C46H30/c1-45(2)37-17-7-5-13-31(37)35-25-27(21-23-38(35)45)28-22-24-40-36(26-28)32-14-6-8-18-39(32)46(40)41-19-9-15-33-29-11-3-4-12-30(29)34-16-10-20-42(46)44(34)43(33)41/h3-26H,1-2H3. The summed E-state index contributed by atoms with van der Waals surface area (Å²) in [7, 11) is 0. The van der Waals surface area contributed by atoms with E-state index in [9.17, 15) is 0 Å². The second-order valence-electron chi connectivity index (χ2n) is 14.0. The van der Waals surface area contributed by atoms with Gasteiger partial charge in [-0.2, -0.15) is 0 Å². The van der Waals surface area contributed by atoms with Crippen LogP contribution in [0.1, 0.15) is 47.2 Å². The van der Waals surface area contributed by atoms with E-state index in [0.29, 0.717) is 0 Å². The van der Waals surface area contributed by atoms with Crippen molar-refractivity contribution in [1.82, 2.24) is 0 Å². The molecule has 0 saturated heterocycles. The first kappa shape index (κ1) is 24.8. The fraction of sp³-hybridized carbons (Fsp3) is 0.0870. The average Bonchev–Trinajstić information content (AvgIpc) is 3.67. The molecule has 0 bridgehead atoms. The van der Waals surface area contributed by atoms with Crippen LogP contribution in [0.25, 0.3) is 65.7 Å². The largest absolute Gasteiger partial charge is 0.0725 e. The topological polar surface area (TPSA) is 0 Å². The van der Waals surface area contributed by atoms with E-state index in [-0.39, 0.29) is 10.8 Å². The van der Waals surface area contributed by atoms with Crippen LogP contribution < -0.4 is 0 Å². The Morgan fingerprint density at radius 3 is 1.37 bits per heavy atom. The van der Waals surface area contributed by atoms with Gasteiger partial charge in [-0.1, -0.05) is 147 Å². The van der Waals surface area contributed by atoms with Gasteiger partial charge in [0.25, 0.3) is 0 Å². The van der Waals surface area contributed by atoms with Gasteiger partial charge in [-0.05, 0) is 111 Å². The predicted octanol–water partition coefficient (Wildman–Crippen LogP) is 11.8. The molecule has 3 aliphatic carbocycles. The first-order valence-corrected chi connectivity index (χ1v) is 16.4. The fourth-order valence-electron chi connectivity index (χ4n) is 9.76. The summed E-state index contributed by atoms with van der Waals surface area (Å²) in [5.74, 6) is 0. The normalized spacial score (nSPS) is 15.5. The predicted molar refractivity (Wildman–Crippen MR) is 193 cm³/mol. The van der Waals surface area contributed by atoms with Crippen LogP contribution in [0.4, 0.5) is 0 Å². The van der Waals surface area contributed by atoms with Crippen LogP contribution in [0.2, 0.25) is 0 Å². The lowest BCUT2D eigenvalue weighted by Crippen LogP contribution is -2.26. The molecule has 8 aromatic carbocycles. The summed E-state index contributed by atoms with van der Waals surface area (Å²) >= 11 is 0. The van der Waals surface area contributed by atoms with Crippen LogP contribution in [-0.2, 0) is 10.8 Å². The monoisotopic (exact) mass is 582 g/mol. The second-order valence-corrected chi connectivity index (χ2v) is 14.0. The maximum Gasteiger partial charge on any atom is 0.0725 e. The minimum atomic E-state index is -0.343. The van der Waals surface area contributed by atoms with Crippen molar-refractivity contribution in [3.8, 4) is 33.4 Å². The van der Waals surface area contributed by atoms with Crippen LogP contribution in [-0.4, -0.2) is 0 Å². The Morgan fingerprint density at radius 1 is 0.326 bits per heavy atom. The molecule has 0 unspecified atom stereocenters. The van der Waals surface area contributed by atoms with Crippen molar-refractivity contribution in [1.29, 1.82) is 0 Å². The molecule has 0 radical (unpaired) electrons. The van der Waals surface area contributed by atoms with Gasteiger partial charge in [0.2, 0.25) is 0 Å². The first-order valence-electron chi connectivity index (χ1n) is 16.4. The Hall–Kier alpha value is -5.46. The van der Waals surface area contributed by atoms with Gasteiger partial charge < -0.3 is 0 Å². The summed E-state index contributed by atoms with van der Waals surface area (Å²) in [6.45, 7) is 4.71. The highest BCUT2D eigenvalue weighted by Gasteiger charge is 2.51. The van der Waals surface area contributed by atoms with Crippen molar-refractivity contribution < 1.29 is 0 Å². The molecule has 0 aromatic heterocycles. The van der Waals surface area contributed by atoms with Gasteiger partial charge >= 0.3 is 0 Å². The van der Waals surface area contributed by atoms with Crippen LogP contribution in [0.5, 0.6) is 0 Å². The molecule has 0 fully saturated rings. The molecule has 0 nitrogen and oxygen atoms in total. The number of rotatable bonds is 1. The van der Waals surface area contributed by atoms with E-state index in [4.69, 9.17) is 0 Å². The van der Waals surface area contributed by atoms with Gasteiger partial charge in [0.15, 0.2) is 0 Å². The molecule has 3 aliphatic rings. The molecule has 1 spiro atoms. The molecule has 0 heteroatoms. The highest BCUT2D eigenvalue weighted by atomic mass is 14.5. The SMILES string of the molecule is CC1(C)c2ccccc2-c2cc(-c3ccc4c(c3)-c3ccccc3C43c4cccc5c6ccccc6c6cccc3c6c45)ccc21. The Morgan fingerprint density at radius 2 is 0.739 bits per heavy atom. The molecule has 0 saturated carbocycles. The number of hydrogen-bond donors (Lipinski definition) is 0. The van der Waals surface area contributed by atoms with E-state index in [1.807, 2.05) is 0 Å². The van der Waals surface area contributed by atoms with Crippen LogP contribution in [0, 0.1) is 0 Å². The van der Waals surface area contributed by atoms with Crippen LogP contribution >= 0.6 is 0 Å². The molecule has 0 atom stereocenters. The molecule has 214 valence electrons. The van der Waals surface area contributed by atoms with Gasteiger partial charge in [-0.25, -0.2) is 0 Å². The summed E-state index contributed by atoms with van der Waals surface area (Å²) in [5, 5.41) is 8.22. The van der Waals surface area contributed by atoms with Crippen LogP contribution in [0.3, 0.4) is 0 Å². The smallest absolute Gasteiger partial charge is 0.0619 e. The first-order chi connectivity index (χ1) is 22.6. The van der Waals surface area contributed by atoms with Crippen molar-refractivity contribution in [2.45, 2.75) is 24.7 Å². The number of fused-ring (bicyclic) bond motifs is 13. The summed E-state index contributed by atoms with van der Waals surface area (Å²) in [5.41, 5.74) is 16.1. The molecule has 46 heavy (non-hydrogen) atoms. The lowest BCUT2D eigenvalue weighted by atomic mass is 9.70. The van der Waals surface area contributed by atoms with E-state index in [1.54, 1.807) is 0 Å². The zero-order chi connectivity index (χ0) is 30.4. The molecule has 0 N–H and O–H groups in total. The third-order valence-corrected chi connectivity index (χ3v) is 11.7. The van der Waals surface area contributed by atoms with Gasteiger partial charge in [0, 0.05) is 5.41 Å².